The highest BCUT2D eigenvalue weighted by Crippen LogP contribution is 2.20. The van der Waals surface area contributed by atoms with Crippen molar-refractivity contribution >= 4 is 0 Å². The highest BCUT2D eigenvalue weighted by Gasteiger charge is 2.09. The van der Waals surface area contributed by atoms with E-state index in [4.69, 9.17) is 10.5 Å². The minimum atomic E-state index is -0.586. The molecule has 1 atom stereocenters. The Kier molecular flexibility index (Phi) is 4.12. The zero-order valence-corrected chi connectivity index (χ0v) is 10.6. The molecule has 19 heavy (non-hydrogen) atoms. The lowest BCUT2D eigenvalue weighted by molar-refractivity contribution is 0.414. The summed E-state index contributed by atoms with van der Waals surface area (Å²) in [6, 6.07) is 10.4. The van der Waals surface area contributed by atoms with Crippen molar-refractivity contribution in [3.05, 3.63) is 65.2 Å². The Balaban J connectivity index is 2.13. The Hall–Kier alpha value is -1.94. The summed E-state index contributed by atoms with van der Waals surface area (Å²) in [5, 5.41) is 0. The lowest BCUT2D eigenvalue weighted by Gasteiger charge is -2.13. The fourth-order valence-corrected chi connectivity index (χ4v) is 1.95. The molecule has 100 valence electrons. The predicted molar refractivity (Wildman–Crippen MR) is 70.0 cm³/mol. The maximum Gasteiger partial charge on any atom is 0.126 e. The molecule has 1 unspecified atom stereocenters. The number of rotatable bonds is 4. The second kappa shape index (κ2) is 5.80. The molecule has 0 amide bonds. The van der Waals surface area contributed by atoms with E-state index in [0.717, 1.165) is 17.4 Å². The van der Waals surface area contributed by atoms with Gasteiger partial charge in [-0.25, -0.2) is 8.78 Å². The molecule has 2 N–H and O–H groups in total. The molecule has 0 spiro atoms. The van der Waals surface area contributed by atoms with Gasteiger partial charge in [0.1, 0.15) is 17.4 Å². The SMILES string of the molecule is COc1ccc(C(N)Cc2cc(F)cc(F)c2)cc1. The Bertz CT molecular complexity index is 534. The third kappa shape index (κ3) is 3.51. The zero-order chi connectivity index (χ0) is 13.8. The number of hydrogen-bond donors (Lipinski definition) is 1. The summed E-state index contributed by atoms with van der Waals surface area (Å²) < 4.78 is 31.2. The summed E-state index contributed by atoms with van der Waals surface area (Å²) >= 11 is 0. The van der Waals surface area contributed by atoms with Gasteiger partial charge in [0, 0.05) is 12.1 Å². The molecule has 4 heteroatoms. The van der Waals surface area contributed by atoms with Gasteiger partial charge >= 0.3 is 0 Å². The van der Waals surface area contributed by atoms with E-state index < -0.39 is 11.6 Å². The monoisotopic (exact) mass is 263 g/mol. The number of ether oxygens (including phenoxy) is 1. The summed E-state index contributed by atoms with van der Waals surface area (Å²) in [5.74, 6) is -0.429. The van der Waals surface area contributed by atoms with Gasteiger partial charge in [-0.3, -0.25) is 0 Å². The van der Waals surface area contributed by atoms with E-state index in [2.05, 4.69) is 0 Å². The summed E-state index contributed by atoms with van der Waals surface area (Å²) in [6.45, 7) is 0. The van der Waals surface area contributed by atoms with Crippen LogP contribution in [0, 0.1) is 11.6 Å². The molecule has 2 aromatic rings. The lowest BCUT2D eigenvalue weighted by atomic mass is 9.99. The molecule has 2 nitrogen and oxygen atoms in total. The highest BCUT2D eigenvalue weighted by atomic mass is 19.1. The average Bonchev–Trinajstić information content (AvgIpc) is 2.37. The van der Waals surface area contributed by atoms with Crippen LogP contribution in [-0.2, 0) is 6.42 Å². The van der Waals surface area contributed by atoms with Crippen LogP contribution in [0.1, 0.15) is 17.2 Å². The lowest BCUT2D eigenvalue weighted by Crippen LogP contribution is -2.13. The fourth-order valence-electron chi connectivity index (χ4n) is 1.95. The first-order chi connectivity index (χ1) is 9.08. The van der Waals surface area contributed by atoms with E-state index in [0.29, 0.717) is 12.0 Å². The molecule has 0 saturated carbocycles. The fraction of sp³-hybridized carbons (Fsp3) is 0.200. The quantitative estimate of drug-likeness (QED) is 0.919. The van der Waals surface area contributed by atoms with Gasteiger partial charge in [0.2, 0.25) is 0 Å². The summed E-state index contributed by atoms with van der Waals surface area (Å²) in [7, 11) is 1.59. The molecular weight excluding hydrogens is 248 g/mol. The van der Waals surface area contributed by atoms with Crippen molar-refractivity contribution in [2.45, 2.75) is 12.5 Å². The summed E-state index contributed by atoms with van der Waals surface area (Å²) in [6.07, 6.45) is 0.376. The smallest absolute Gasteiger partial charge is 0.126 e. The van der Waals surface area contributed by atoms with Gasteiger partial charge in [-0.15, -0.1) is 0 Å². The topological polar surface area (TPSA) is 35.2 Å². The number of hydrogen-bond acceptors (Lipinski definition) is 2. The van der Waals surface area contributed by atoms with Crippen LogP contribution < -0.4 is 10.5 Å². The molecular formula is C15H15F2NO. The Labute approximate surface area is 110 Å². The van der Waals surface area contributed by atoms with E-state index in [-0.39, 0.29) is 6.04 Å². The molecule has 0 fully saturated rings. The Morgan fingerprint density at radius 3 is 2.16 bits per heavy atom. The van der Waals surface area contributed by atoms with Crippen molar-refractivity contribution in [3.63, 3.8) is 0 Å². The minimum absolute atomic E-state index is 0.313. The van der Waals surface area contributed by atoms with Crippen LogP contribution in [-0.4, -0.2) is 7.11 Å². The summed E-state index contributed by atoms with van der Waals surface area (Å²) in [5.41, 5.74) is 7.47. The van der Waals surface area contributed by atoms with Gasteiger partial charge in [-0.2, -0.15) is 0 Å². The van der Waals surface area contributed by atoms with Gasteiger partial charge in [0.25, 0.3) is 0 Å². The molecule has 0 aliphatic carbocycles. The Morgan fingerprint density at radius 1 is 1.05 bits per heavy atom. The van der Waals surface area contributed by atoms with Crippen LogP contribution in [0.5, 0.6) is 5.75 Å². The van der Waals surface area contributed by atoms with Gasteiger partial charge in [0.15, 0.2) is 0 Å². The molecule has 0 aliphatic rings. The molecule has 0 bridgehead atoms. The van der Waals surface area contributed by atoms with Crippen molar-refractivity contribution in [1.29, 1.82) is 0 Å². The number of halogens is 2. The predicted octanol–water partition coefficient (Wildman–Crippen LogP) is 3.22. The first-order valence-corrected chi connectivity index (χ1v) is 5.93. The Morgan fingerprint density at radius 2 is 1.63 bits per heavy atom. The number of benzene rings is 2. The highest BCUT2D eigenvalue weighted by molar-refractivity contribution is 5.30. The molecule has 0 saturated heterocycles. The third-order valence-electron chi connectivity index (χ3n) is 2.92. The minimum Gasteiger partial charge on any atom is -0.497 e. The van der Waals surface area contributed by atoms with E-state index in [9.17, 15) is 8.78 Å². The van der Waals surface area contributed by atoms with Crippen molar-refractivity contribution in [3.8, 4) is 5.75 Å². The maximum absolute atomic E-state index is 13.1. The van der Waals surface area contributed by atoms with Crippen molar-refractivity contribution in [2.75, 3.05) is 7.11 Å². The van der Waals surface area contributed by atoms with Crippen molar-refractivity contribution < 1.29 is 13.5 Å². The van der Waals surface area contributed by atoms with Crippen LogP contribution >= 0.6 is 0 Å². The van der Waals surface area contributed by atoms with Gasteiger partial charge in [-0.1, -0.05) is 12.1 Å². The molecule has 0 aromatic heterocycles. The van der Waals surface area contributed by atoms with Crippen LogP contribution in [0.3, 0.4) is 0 Å². The standard InChI is InChI=1S/C15H15F2NO/c1-19-14-4-2-11(3-5-14)15(18)8-10-6-12(16)9-13(17)7-10/h2-7,9,15H,8,18H2,1H3. The van der Waals surface area contributed by atoms with E-state index >= 15 is 0 Å². The third-order valence-corrected chi connectivity index (χ3v) is 2.92. The molecule has 0 heterocycles. The number of nitrogens with two attached hydrogens (primary N) is 1. The van der Waals surface area contributed by atoms with Crippen LogP contribution in [0.4, 0.5) is 8.78 Å². The second-order valence-corrected chi connectivity index (χ2v) is 4.36. The van der Waals surface area contributed by atoms with Gasteiger partial charge < -0.3 is 10.5 Å². The van der Waals surface area contributed by atoms with Gasteiger partial charge in [-0.05, 0) is 41.8 Å². The molecule has 0 radical (unpaired) electrons. The van der Waals surface area contributed by atoms with Gasteiger partial charge in [0.05, 0.1) is 7.11 Å². The average molecular weight is 263 g/mol. The van der Waals surface area contributed by atoms with E-state index in [1.165, 1.54) is 12.1 Å². The van der Waals surface area contributed by atoms with Crippen LogP contribution in [0.15, 0.2) is 42.5 Å². The van der Waals surface area contributed by atoms with Crippen molar-refractivity contribution in [2.24, 2.45) is 5.73 Å². The van der Waals surface area contributed by atoms with E-state index in [1.54, 1.807) is 19.2 Å². The maximum atomic E-state index is 13.1. The molecule has 2 aromatic carbocycles. The molecule has 2 rings (SSSR count). The normalized spacial score (nSPS) is 12.2. The first-order valence-electron chi connectivity index (χ1n) is 5.93. The zero-order valence-electron chi connectivity index (χ0n) is 10.6. The van der Waals surface area contributed by atoms with E-state index in [1.807, 2.05) is 12.1 Å². The number of methoxy groups -OCH3 is 1. The first kappa shape index (κ1) is 13.5. The van der Waals surface area contributed by atoms with Crippen LogP contribution in [0.25, 0.3) is 0 Å². The summed E-state index contributed by atoms with van der Waals surface area (Å²) in [4.78, 5) is 0. The second-order valence-electron chi connectivity index (χ2n) is 4.36. The van der Waals surface area contributed by atoms with Crippen LogP contribution in [0.2, 0.25) is 0 Å². The largest absolute Gasteiger partial charge is 0.497 e. The van der Waals surface area contributed by atoms with Crippen molar-refractivity contribution in [1.82, 2.24) is 0 Å². The molecule has 0 aliphatic heterocycles.